The average molecular weight is 427 g/mol. The van der Waals surface area contributed by atoms with Gasteiger partial charge in [-0.25, -0.2) is 9.59 Å². The van der Waals surface area contributed by atoms with Crippen molar-refractivity contribution in [3.8, 4) is 11.1 Å². The number of rotatable bonds is 9. The highest BCUT2D eigenvalue weighted by molar-refractivity contribution is 7.80. The molecule has 0 heterocycles. The van der Waals surface area contributed by atoms with Crippen molar-refractivity contribution in [3.05, 3.63) is 59.7 Å². The molecule has 0 saturated carbocycles. The first-order chi connectivity index (χ1) is 14.5. The van der Waals surface area contributed by atoms with Crippen LogP contribution in [-0.4, -0.2) is 41.4 Å². The Morgan fingerprint density at radius 3 is 2.23 bits per heavy atom. The van der Waals surface area contributed by atoms with E-state index < -0.39 is 18.1 Å². The van der Waals surface area contributed by atoms with E-state index in [-0.39, 0.29) is 12.5 Å². The van der Waals surface area contributed by atoms with Crippen molar-refractivity contribution in [2.45, 2.75) is 38.1 Å². The molecule has 6 nitrogen and oxygen atoms in total. The Hall–Kier alpha value is -2.93. The summed E-state index contributed by atoms with van der Waals surface area (Å²) < 4.78 is 5.44. The van der Waals surface area contributed by atoms with E-state index in [1.165, 1.54) is 0 Å². The van der Waals surface area contributed by atoms with Gasteiger partial charge >= 0.3 is 12.1 Å². The van der Waals surface area contributed by atoms with Gasteiger partial charge in [-0.1, -0.05) is 60.7 Å². The fourth-order valence-electron chi connectivity index (χ4n) is 3.78. The van der Waals surface area contributed by atoms with Crippen molar-refractivity contribution in [2.75, 3.05) is 13.2 Å². The number of fused-ring (bicyclic) bond motifs is 3. The average Bonchev–Trinajstić information content (AvgIpc) is 3.04. The fraction of sp³-hybridized carbons (Fsp3) is 0.348. The summed E-state index contributed by atoms with van der Waals surface area (Å²) in [5.74, 6) is -1.13. The number of carbonyl (C=O) groups excluding carboxylic acids is 1. The van der Waals surface area contributed by atoms with E-state index in [1.54, 1.807) is 6.92 Å². The van der Waals surface area contributed by atoms with Gasteiger partial charge in [-0.05, 0) is 48.4 Å². The van der Waals surface area contributed by atoms with Crippen LogP contribution in [0.4, 0.5) is 4.79 Å². The van der Waals surface area contributed by atoms with Gasteiger partial charge < -0.3 is 20.5 Å². The second-order valence-electron chi connectivity index (χ2n) is 7.34. The smallest absolute Gasteiger partial charge is 0.407 e. The van der Waals surface area contributed by atoms with E-state index in [4.69, 9.17) is 17.0 Å². The van der Waals surface area contributed by atoms with Crippen LogP contribution in [0.5, 0.6) is 0 Å². The number of unbranched alkanes of at least 4 members (excludes halogenated alkanes) is 1. The zero-order chi connectivity index (χ0) is 21.5. The molecule has 0 aliphatic heterocycles. The highest BCUT2D eigenvalue weighted by Crippen LogP contribution is 2.44. The van der Waals surface area contributed by atoms with Gasteiger partial charge in [0.05, 0.1) is 4.99 Å². The molecule has 158 valence electrons. The maximum absolute atomic E-state index is 12.3. The standard InChI is InChI=1S/C23H26N2O4S/c1-15(30)24-13-7-6-12-21(22(26)27)25-23(28)29-14-20-18-10-4-2-8-16(18)17-9-3-5-11-19(17)20/h2-5,8-11,20-21H,6-7,12-14H2,1H3,(H,24,30)(H,25,28)(H,26,27)/t21-/m0/s1. The molecule has 3 rings (SSSR count). The molecule has 0 aromatic heterocycles. The van der Waals surface area contributed by atoms with Gasteiger partial charge in [0.25, 0.3) is 0 Å². The van der Waals surface area contributed by atoms with E-state index in [0.717, 1.165) is 28.7 Å². The van der Waals surface area contributed by atoms with E-state index in [9.17, 15) is 14.7 Å². The summed E-state index contributed by atoms with van der Waals surface area (Å²) in [5.41, 5.74) is 4.52. The molecule has 1 atom stereocenters. The summed E-state index contributed by atoms with van der Waals surface area (Å²) in [4.78, 5) is 24.5. The molecule has 2 aromatic rings. The summed E-state index contributed by atoms with van der Waals surface area (Å²) in [6, 6.07) is 15.2. The Kier molecular flexibility index (Phi) is 7.41. The molecule has 0 spiro atoms. The third kappa shape index (κ3) is 5.36. The van der Waals surface area contributed by atoms with Crippen LogP contribution < -0.4 is 10.6 Å². The fourth-order valence-corrected chi connectivity index (χ4v) is 3.88. The van der Waals surface area contributed by atoms with Crippen LogP contribution in [0.3, 0.4) is 0 Å². The molecule has 0 bridgehead atoms. The molecule has 1 amide bonds. The number of benzene rings is 2. The first-order valence-corrected chi connectivity index (χ1v) is 10.5. The first-order valence-electron chi connectivity index (χ1n) is 10.1. The molecular formula is C23H26N2O4S. The van der Waals surface area contributed by atoms with Crippen molar-refractivity contribution in [3.63, 3.8) is 0 Å². The lowest BCUT2D eigenvalue weighted by atomic mass is 9.98. The molecule has 0 radical (unpaired) electrons. The van der Waals surface area contributed by atoms with Crippen molar-refractivity contribution in [1.29, 1.82) is 0 Å². The van der Waals surface area contributed by atoms with Crippen LogP contribution in [0, 0.1) is 0 Å². The predicted molar refractivity (Wildman–Crippen MR) is 120 cm³/mol. The van der Waals surface area contributed by atoms with Gasteiger partial charge in [-0.2, -0.15) is 0 Å². The quantitative estimate of drug-likeness (QED) is 0.414. The van der Waals surface area contributed by atoms with Crippen LogP contribution >= 0.6 is 12.2 Å². The number of hydrogen-bond acceptors (Lipinski definition) is 4. The molecule has 7 heteroatoms. The summed E-state index contributed by atoms with van der Waals surface area (Å²) in [5, 5.41) is 14.9. The van der Waals surface area contributed by atoms with Crippen LogP contribution in [0.25, 0.3) is 11.1 Å². The highest BCUT2D eigenvalue weighted by Gasteiger charge is 2.29. The number of carbonyl (C=O) groups is 2. The Balaban J connectivity index is 1.54. The summed E-state index contributed by atoms with van der Waals surface area (Å²) in [7, 11) is 0. The zero-order valence-electron chi connectivity index (χ0n) is 16.9. The van der Waals surface area contributed by atoms with Gasteiger partial charge in [-0.15, -0.1) is 0 Å². The highest BCUT2D eigenvalue weighted by atomic mass is 32.1. The maximum Gasteiger partial charge on any atom is 0.407 e. The Morgan fingerprint density at radius 2 is 1.67 bits per heavy atom. The minimum Gasteiger partial charge on any atom is -0.480 e. The maximum atomic E-state index is 12.3. The molecule has 0 unspecified atom stereocenters. The number of aliphatic carboxylic acids is 1. The zero-order valence-corrected chi connectivity index (χ0v) is 17.7. The lowest BCUT2D eigenvalue weighted by Gasteiger charge is -2.17. The molecule has 1 aliphatic carbocycles. The molecule has 0 fully saturated rings. The molecule has 2 aromatic carbocycles. The number of carboxylic acids is 1. The number of carboxylic acid groups (broad SMARTS) is 1. The third-order valence-electron chi connectivity index (χ3n) is 5.23. The summed E-state index contributed by atoms with van der Waals surface area (Å²) in [6.45, 7) is 2.64. The minimum absolute atomic E-state index is 0.0598. The molecular weight excluding hydrogens is 400 g/mol. The number of thiocarbonyl (C=S) groups is 1. The number of ether oxygens (including phenoxy) is 1. The SMILES string of the molecule is CC(=S)NCCCC[C@H](NC(=O)OCC1c2ccccc2-c2ccccc21)C(=O)O. The van der Waals surface area contributed by atoms with E-state index in [2.05, 4.69) is 22.8 Å². The van der Waals surface area contributed by atoms with Gasteiger partial charge in [0.2, 0.25) is 0 Å². The Morgan fingerprint density at radius 1 is 1.07 bits per heavy atom. The minimum atomic E-state index is -1.07. The summed E-state index contributed by atoms with van der Waals surface area (Å²) >= 11 is 4.94. The summed E-state index contributed by atoms with van der Waals surface area (Å²) in [6.07, 6.45) is 1.04. The molecule has 0 saturated heterocycles. The predicted octanol–water partition coefficient (Wildman–Crippen LogP) is 4.09. The lowest BCUT2D eigenvalue weighted by Crippen LogP contribution is -2.41. The van der Waals surface area contributed by atoms with Gasteiger partial charge in [-0.3, -0.25) is 0 Å². The second kappa shape index (κ2) is 10.2. The van der Waals surface area contributed by atoms with Crippen LogP contribution in [0.2, 0.25) is 0 Å². The van der Waals surface area contributed by atoms with E-state index in [0.29, 0.717) is 24.4 Å². The van der Waals surface area contributed by atoms with Gasteiger partial charge in [0, 0.05) is 12.5 Å². The second-order valence-corrected chi connectivity index (χ2v) is 7.95. The van der Waals surface area contributed by atoms with E-state index in [1.807, 2.05) is 36.4 Å². The Labute approximate surface area is 181 Å². The Bertz CT molecular complexity index is 885. The van der Waals surface area contributed by atoms with Crippen molar-refractivity contribution >= 4 is 29.3 Å². The molecule has 30 heavy (non-hydrogen) atoms. The van der Waals surface area contributed by atoms with Crippen LogP contribution in [0.1, 0.15) is 43.2 Å². The van der Waals surface area contributed by atoms with Crippen LogP contribution in [-0.2, 0) is 9.53 Å². The third-order valence-corrected chi connectivity index (χ3v) is 5.37. The molecule has 3 N–H and O–H groups in total. The topological polar surface area (TPSA) is 87.7 Å². The van der Waals surface area contributed by atoms with Crippen molar-refractivity contribution < 1.29 is 19.4 Å². The normalized spacial score (nSPS) is 13.1. The first kappa shape index (κ1) is 21.8. The van der Waals surface area contributed by atoms with Crippen molar-refractivity contribution in [1.82, 2.24) is 10.6 Å². The number of alkyl carbamates (subject to hydrolysis) is 1. The number of nitrogens with one attached hydrogen (secondary N) is 2. The molecule has 1 aliphatic rings. The lowest BCUT2D eigenvalue weighted by molar-refractivity contribution is -0.139. The monoisotopic (exact) mass is 426 g/mol. The number of amides is 1. The van der Waals surface area contributed by atoms with Crippen molar-refractivity contribution in [2.24, 2.45) is 0 Å². The van der Waals surface area contributed by atoms with Gasteiger partial charge in [0.1, 0.15) is 12.6 Å². The van der Waals surface area contributed by atoms with Crippen LogP contribution in [0.15, 0.2) is 48.5 Å². The number of hydrogen-bond donors (Lipinski definition) is 3. The largest absolute Gasteiger partial charge is 0.480 e. The van der Waals surface area contributed by atoms with Gasteiger partial charge in [0.15, 0.2) is 0 Å². The van der Waals surface area contributed by atoms with E-state index >= 15 is 0 Å².